The number of ketones is 1. The number of Topliss-reactive ketones (excluding diaryl/α,β-unsaturated/α-hetero) is 1. The molecule has 0 spiro atoms. The topological polar surface area (TPSA) is 78.5 Å². The highest BCUT2D eigenvalue weighted by Crippen LogP contribution is 2.49. The number of hydrogen-bond donors (Lipinski definition) is 2. The number of fused-ring (bicyclic) bond motifs is 1. The molecule has 6 nitrogen and oxygen atoms in total. The van der Waals surface area contributed by atoms with Crippen molar-refractivity contribution in [3.8, 4) is 0 Å². The highest BCUT2D eigenvalue weighted by molar-refractivity contribution is 6.31. The van der Waals surface area contributed by atoms with Crippen molar-refractivity contribution in [2.45, 2.75) is 31.6 Å². The van der Waals surface area contributed by atoms with Crippen LogP contribution in [-0.2, 0) is 16.6 Å². The smallest absolute Gasteiger partial charge is 0.321 e. The molecule has 190 valence electrons. The van der Waals surface area contributed by atoms with E-state index in [1.165, 1.54) is 6.92 Å². The van der Waals surface area contributed by atoms with Gasteiger partial charge in [0.2, 0.25) is 5.91 Å². The van der Waals surface area contributed by atoms with Crippen LogP contribution < -0.4 is 10.6 Å². The van der Waals surface area contributed by atoms with Crippen LogP contribution in [0.4, 0.5) is 16.2 Å². The van der Waals surface area contributed by atoms with Gasteiger partial charge >= 0.3 is 6.03 Å². The first-order valence-corrected chi connectivity index (χ1v) is 13.0. The highest BCUT2D eigenvalue weighted by atomic mass is 35.5. The van der Waals surface area contributed by atoms with Gasteiger partial charge in [-0.15, -0.1) is 0 Å². The van der Waals surface area contributed by atoms with Gasteiger partial charge in [0.1, 0.15) is 0 Å². The molecule has 0 bridgehead atoms. The van der Waals surface area contributed by atoms with E-state index in [0.29, 0.717) is 46.5 Å². The van der Waals surface area contributed by atoms with Gasteiger partial charge in [0.15, 0.2) is 5.78 Å². The minimum Gasteiger partial charge on any atom is -0.325 e. The lowest BCUT2D eigenvalue weighted by molar-refractivity contribution is -0.123. The first-order chi connectivity index (χ1) is 17.8. The van der Waals surface area contributed by atoms with Gasteiger partial charge < -0.3 is 15.5 Å². The van der Waals surface area contributed by atoms with Crippen LogP contribution in [0.3, 0.4) is 0 Å². The summed E-state index contributed by atoms with van der Waals surface area (Å²) < 4.78 is 0. The predicted octanol–water partition coefficient (Wildman–Crippen LogP) is 6.57. The first-order valence-electron chi connectivity index (χ1n) is 12.3. The summed E-state index contributed by atoms with van der Waals surface area (Å²) in [6.07, 6.45) is 2.03. The number of hydrogen-bond acceptors (Lipinski definition) is 3. The standard InChI is InChI=1S/C29H27Cl2N3O3/c1-18(35)20-7-10-24(11-8-20)32-28(37)34-13-3-5-21(17-34)29(16-19-4-2-6-22(30)14-19)25-12-9-23(31)15-26(25)33-27(29)36/h2,4,6-12,14-15,21H,3,5,13,16-17H2,1H3,(H,32,37)(H,33,36). The van der Waals surface area contributed by atoms with Gasteiger partial charge in [0.05, 0.1) is 5.41 Å². The maximum atomic E-state index is 13.8. The number of rotatable bonds is 5. The number of carbonyl (C=O) groups is 3. The van der Waals surface area contributed by atoms with Crippen molar-refractivity contribution in [3.63, 3.8) is 0 Å². The molecule has 37 heavy (non-hydrogen) atoms. The molecule has 0 saturated carbocycles. The molecule has 0 aliphatic carbocycles. The third-order valence-electron chi connectivity index (χ3n) is 7.44. The molecule has 2 N–H and O–H groups in total. The van der Waals surface area contributed by atoms with Crippen LogP contribution in [0.2, 0.25) is 10.0 Å². The van der Waals surface area contributed by atoms with Crippen LogP contribution in [0, 0.1) is 5.92 Å². The number of halogens is 2. The lowest BCUT2D eigenvalue weighted by Gasteiger charge is -2.42. The molecule has 2 atom stereocenters. The van der Waals surface area contributed by atoms with Crippen molar-refractivity contribution in [3.05, 3.63) is 93.5 Å². The number of likely N-dealkylation sites (tertiary alicyclic amines) is 1. The number of urea groups is 1. The molecule has 8 heteroatoms. The van der Waals surface area contributed by atoms with Crippen LogP contribution >= 0.6 is 23.2 Å². The zero-order chi connectivity index (χ0) is 26.2. The summed E-state index contributed by atoms with van der Waals surface area (Å²) in [5.41, 5.74) is 2.90. The molecule has 3 amide bonds. The van der Waals surface area contributed by atoms with Crippen LogP contribution in [0.25, 0.3) is 0 Å². The average Bonchev–Trinajstić information content (AvgIpc) is 3.15. The van der Waals surface area contributed by atoms with Gasteiger partial charge in [-0.3, -0.25) is 9.59 Å². The number of carbonyl (C=O) groups excluding carboxylic acids is 3. The maximum absolute atomic E-state index is 13.8. The highest BCUT2D eigenvalue weighted by Gasteiger charge is 2.53. The fourth-order valence-corrected chi connectivity index (χ4v) is 6.00. The fourth-order valence-electron chi connectivity index (χ4n) is 5.61. The number of amides is 3. The molecule has 5 rings (SSSR count). The van der Waals surface area contributed by atoms with Crippen LogP contribution in [0.5, 0.6) is 0 Å². The Labute approximate surface area is 225 Å². The Morgan fingerprint density at radius 3 is 2.54 bits per heavy atom. The Morgan fingerprint density at radius 2 is 1.81 bits per heavy atom. The lowest BCUT2D eigenvalue weighted by atomic mass is 9.65. The fraction of sp³-hybridized carbons (Fsp3) is 0.276. The van der Waals surface area contributed by atoms with E-state index in [1.807, 2.05) is 36.4 Å². The molecule has 2 unspecified atom stereocenters. The lowest BCUT2D eigenvalue weighted by Crippen LogP contribution is -2.52. The molecule has 3 aromatic rings. The predicted molar refractivity (Wildman–Crippen MR) is 147 cm³/mol. The molecule has 1 fully saturated rings. The Morgan fingerprint density at radius 1 is 1.05 bits per heavy atom. The van der Waals surface area contributed by atoms with Gasteiger partial charge in [-0.05, 0) is 91.8 Å². The van der Waals surface area contributed by atoms with Gasteiger partial charge in [-0.25, -0.2) is 4.79 Å². The van der Waals surface area contributed by atoms with E-state index in [2.05, 4.69) is 10.6 Å². The summed E-state index contributed by atoms with van der Waals surface area (Å²) in [4.78, 5) is 40.3. The van der Waals surface area contributed by atoms with Crippen LogP contribution in [0.1, 0.15) is 41.3 Å². The number of benzene rings is 3. The van der Waals surface area contributed by atoms with E-state index in [0.717, 1.165) is 24.0 Å². The molecule has 2 aliphatic heterocycles. The van der Waals surface area contributed by atoms with Crippen molar-refractivity contribution in [1.82, 2.24) is 4.90 Å². The van der Waals surface area contributed by atoms with Gasteiger partial charge in [-0.2, -0.15) is 0 Å². The van der Waals surface area contributed by atoms with Crippen molar-refractivity contribution < 1.29 is 14.4 Å². The number of nitrogens with zero attached hydrogens (tertiary/aromatic N) is 1. The van der Waals surface area contributed by atoms with E-state index >= 15 is 0 Å². The van der Waals surface area contributed by atoms with E-state index in [-0.39, 0.29) is 23.6 Å². The Bertz CT molecular complexity index is 1380. The number of anilines is 2. The molecule has 1 saturated heterocycles. The summed E-state index contributed by atoms with van der Waals surface area (Å²) in [5.74, 6) is -0.233. The molecular weight excluding hydrogens is 509 g/mol. The normalized spacial score (nSPS) is 20.8. The quantitative estimate of drug-likeness (QED) is 0.362. The summed E-state index contributed by atoms with van der Waals surface area (Å²) in [7, 11) is 0. The van der Waals surface area contributed by atoms with Gasteiger partial charge in [-0.1, -0.05) is 41.4 Å². The monoisotopic (exact) mass is 535 g/mol. The SMILES string of the molecule is CC(=O)c1ccc(NC(=O)N2CCCC(C3(Cc4cccc(Cl)c4)C(=O)Nc4cc(Cl)ccc43)C2)cc1. The third kappa shape index (κ3) is 4.96. The first kappa shape index (κ1) is 25.3. The average molecular weight is 536 g/mol. The van der Waals surface area contributed by atoms with Crippen molar-refractivity contribution in [1.29, 1.82) is 0 Å². The minimum absolute atomic E-state index is 0.0295. The maximum Gasteiger partial charge on any atom is 0.321 e. The van der Waals surface area contributed by atoms with Crippen LogP contribution in [0.15, 0.2) is 66.7 Å². The van der Waals surface area contributed by atoms with Gasteiger partial charge in [0, 0.05) is 40.1 Å². The van der Waals surface area contributed by atoms with E-state index < -0.39 is 5.41 Å². The molecule has 0 aromatic heterocycles. The number of piperidine rings is 1. The molecule has 2 aliphatic rings. The van der Waals surface area contributed by atoms with E-state index in [1.54, 1.807) is 35.2 Å². The summed E-state index contributed by atoms with van der Waals surface area (Å²) in [6, 6.07) is 19.7. The zero-order valence-corrected chi connectivity index (χ0v) is 21.9. The largest absolute Gasteiger partial charge is 0.325 e. The zero-order valence-electron chi connectivity index (χ0n) is 20.4. The number of nitrogens with one attached hydrogen (secondary N) is 2. The van der Waals surface area contributed by atoms with Crippen LogP contribution in [-0.4, -0.2) is 35.7 Å². The second-order valence-electron chi connectivity index (χ2n) is 9.77. The second kappa shape index (κ2) is 10.2. The van der Waals surface area contributed by atoms with Crippen molar-refractivity contribution >= 4 is 52.3 Å². The summed E-state index contributed by atoms with van der Waals surface area (Å²) >= 11 is 12.5. The third-order valence-corrected chi connectivity index (χ3v) is 7.91. The summed E-state index contributed by atoms with van der Waals surface area (Å²) in [6.45, 7) is 2.52. The van der Waals surface area contributed by atoms with Crippen molar-refractivity contribution in [2.75, 3.05) is 23.7 Å². The molecular formula is C29H27Cl2N3O3. The van der Waals surface area contributed by atoms with E-state index in [4.69, 9.17) is 23.2 Å². The van der Waals surface area contributed by atoms with Crippen molar-refractivity contribution in [2.24, 2.45) is 5.92 Å². The summed E-state index contributed by atoms with van der Waals surface area (Å²) in [5, 5.41) is 7.16. The Kier molecular flexibility index (Phi) is 6.97. The second-order valence-corrected chi connectivity index (χ2v) is 10.6. The Hall–Kier alpha value is -3.35. The molecule has 3 aromatic carbocycles. The minimum atomic E-state index is -0.868. The van der Waals surface area contributed by atoms with Gasteiger partial charge in [0.25, 0.3) is 0 Å². The Balaban J connectivity index is 1.44. The molecule has 2 heterocycles. The molecule has 0 radical (unpaired) electrons. The van der Waals surface area contributed by atoms with E-state index in [9.17, 15) is 14.4 Å².